The normalized spacial score (nSPS) is 13.1. The van der Waals surface area contributed by atoms with Gasteiger partial charge in [-0.05, 0) is 81.1 Å². The van der Waals surface area contributed by atoms with E-state index in [-0.39, 0.29) is 6.10 Å². The maximum absolute atomic E-state index is 5.89. The zero-order valence-corrected chi connectivity index (χ0v) is 17.7. The molecule has 0 spiro atoms. The highest BCUT2D eigenvalue weighted by Gasteiger charge is 2.17. The summed E-state index contributed by atoms with van der Waals surface area (Å²) in [5.74, 6) is 7.87. The Morgan fingerprint density at radius 2 is 2.14 bits per heavy atom. The Morgan fingerprint density at radius 1 is 1.29 bits per heavy atom. The smallest absolute Gasteiger partial charge is 0.135 e. The number of ether oxygens (including phenoxy) is 1. The van der Waals surface area contributed by atoms with Crippen molar-refractivity contribution in [2.75, 3.05) is 0 Å². The molecular formula is C25H27NOS. The van der Waals surface area contributed by atoms with Gasteiger partial charge < -0.3 is 4.74 Å². The molecule has 0 bridgehead atoms. The van der Waals surface area contributed by atoms with Gasteiger partial charge in [0, 0.05) is 16.9 Å². The van der Waals surface area contributed by atoms with Crippen LogP contribution in [0.4, 0.5) is 0 Å². The fourth-order valence-electron chi connectivity index (χ4n) is 3.54. The van der Waals surface area contributed by atoms with Gasteiger partial charge in [-0.1, -0.05) is 30.2 Å². The van der Waals surface area contributed by atoms with Crippen molar-refractivity contribution in [2.24, 2.45) is 4.99 Å². The van der Waals surface area contributed by atoms with Gasteiger partial charge in [0.1, 0.15) is 5.75 Å². The first kappa shape index (κ1) is 20.3. The molecule has 3 rings (SSSR count). The van der Waals surface area contributed by atoms with Gasteiger partial charge in [-0.2, -0.15) is 0 Å². The molecule has 0 fully saturated rings. The van der Waals surface area contributed by atoms with Crippen LogP contribution >= 0.6 is 11.8 Å². The molecule has 1 aliphatic carbocycles. The van der Waals surface area contributed by atoms with Gasteiger partial charge in [-0.15, -0.1) is 17.7 Å². The lowest BCUT2D eigenvalue weighted by molar-refractivity contribution is 0.241. The first-order valence-electron chi connectivity index (χ1n) is 9.74. The van der Waals surface area contributed by atoms with Crippen LogP contribution in [0.15, 0.2) is 47.6 Å². The van der Waals surface area contributed by atoms with Crippen LogP contribution in [0.1, 0.15) is 55.0 Å². The van der Waals surface area contributed by atoms with E-state index in [1.165, 1.54) is 40.0 Å². The summed E-state index contributed by atoms with van der Waals surface area (Å²) in [6, 6.07) is 12.9. The molecule has 0 amide bonds. The molecule has 2 aromatic rings. The van der Waals surface area contributed by atoms with Crippen molar-refractivity contribution in [2.45, 2.75) is 51.9 Å². The molecule has 0 N–H and O–H groups in total. The number of fused-ring (bicyclic) bond motifs is 1. The minimum atomic E-state index is 0.131. The first-order chi connectivity index (χ1) is 13.6. The molecule has 0 radical (unpaired) electrons. The molecular weight excluding hydrogens is 362 g/mol. The zero-order chi connectivity index (χ0) is 19.9. The monoisotopic (exact) mass is 389 g/mol. The number of hydrogen-bond acceptors (Lipinski definition) is 3. The van der Waals surface area contributed by atoms with Gasteiger partial charge in [-0.25, -0.2) is 0 Å². The molecule has 0 aliphatic heterocycles. The summed E-state index contributed by atoms with van der Waals surface area (Å²) in [7, 11) is 0. The fraction of sp³-hybridized carbons (Fsp3) is 0.320. The molecule has 0 atom stereocenters. The van der Waals surface area contributed by atoms with E-state index in [2.05, 4.69) is 53.9 Å². The Bertz CT molecular complexity index is 947. The average molecular weight is 390 g/mol. The Kier molecular flexibility index (Phi) is 7.01. The van der Waals surface area contributed by atoms with E-state index in [0.29, 0.717) is 0 Å². The minimum Gasteiger partial charge on any atom is -0.490 e. The van der Waals surface area contributed by atoms with Gasteiger partial charge in [-0.3, -0.25) is 4.99 Å². The van der Waals surface area contributed by atoms with Gasteiger partial charge in [0.2, 0.25) is 0 Å². The predicted molar refractivity (Wildman–Crippen MR) is 122 cm³/mol. The molecule has 144 valence electrons. The van der Waals surface area contributed by atoms with Crippen molar-refractivity contribution >= 4 is 23.4 Å². The quantitative estimate of drug-likeness (QED) is 0.411. The summed E-state index contributed by atoms with van der Waals surface area (Å²) in [6.45, 7) is 9.60. The van der Waals surface area contributed by atoms with E-state index in [1.54, 1.807) is 11.8 Å². The number of benzene rings is 2. The van der Waals surface area contributed by atoms with Crippen molar-refractivity contribution in [1.82, 2.24) is 0 Å². The lowest BCUT2D eigenvalue weighted by Gasteiger charge is -2.14. The SMILES string of the molecule is C=N/C=C(\SCc1ccc(OC(C)C)c(C#CC)c1)c1cccc2c1CCC2. The van der Waals surface area contributed by atoms with E-state index in [9.17, 15) is 0 Å². The molecule has 2 nitrogen and oxygen atoms in total. The Morgan fingerprint density at radius 3 is 2.89 bits per heavy atom. The van der Waals surface area contributed by atoms with Gasteiger partial charge in [0.25, 0.3) is 0 Å². The number of thioether (sulfide) groups is 1. The summed E-state index contributed by atoms with van der Waals surface area (Å²) < 4.78 is 5.89. The van der Waals surface area contributed by atoms with E-state index in [0.717, 1.165) is 23.5 Å². The Balaban J connectivity index is 1.82. The maximum Gasteiger partial charge on any atom is 0.135 e. The predicted octanol–water partition coefficient (Wildman–Crippen LogP) is 6.27. The lowest BCUT2D eigenvalue weighted by Crippen LogP contribution is -2.07. The second-order valence-electron chi connectivity index (χ2n) is 7.13. The number of nitrogens with zero attached hydrogens (tertiary/aromatic N) is 1. The highest BCUT2D eigenvalue weighted by atomic mass is 32.2. The van der Waals surface area contributed by atoms with Crippen molar-refractivity contribution < 1.29 is 4.74 Å². The number of rotatable bonds is 7. The van der Waals surface area contributed by atoms with Crippen LogP contribution in [-0.4, -0.2) is 12.8 Å². The zero-order valence-electron chi connectivity index (χ0n) is 16.9. The molecule has 0 aromatic heterocycles. The highest BCUT2D eigenvalue weighted by molar-refractivity contribution is 8.07. The fourth-order valence-corrected chi connectivity index (χ4v) is 4.53. The largest absolute Gasteiger partial charge is 0.490 e. The molecule has 2 aromatic carbocycles. The van der Waals surface area contributed by atoms with Crippen molar-refractivity contribution in [1.29, 1.82) is 0 Å². The highest BCUT2D eigenvalue weighted by Crippen LogP contribution is 2.37. The van der Waals surface area contributed by atoms with E-state index in [4.69, 9.17) is 4.74 Å². The third-order valence-corrected chi connectivity index (χ3v) is 5.79. The summed E-state index contributed by atoms with van der Waals surface area (Å²) in [4.78, 5) is 5.25. The van der Waals surface area contributed by atoms with Gasteiger partial charge >= 0.3 is 0 Å². The summed E-state index contributed by atoms with van der Waals surface area (Å²) in [5, 5.41) is 0. The van der Waals surface area contributed by atoms with E-state index >= 15 is 0 Å². The van der Waals surface area contributed by atoms with E-state index < -0.39 is 0 Å². The molecule has 0 saturated carbocycles. The standard InChI is InChI=1S/C25H27NOS/c1-5-8-21-15-19(13-14-24(21)27-18(2)3)17-28-25(16-26-4)23-12-7-10-20-9-6-11-22(20)23/h7,10,12-16,18H,4,6,9,11,17H2,1-3H3/b25-16-. The molecule has 3 heteroatoms. The molecule has 0 heterocycles. The molecule has 0 saturated heterocycles. The van der Waals surface area contributed by atoms with Crippen LogP contribution in [0.25, 0.3) is 4.91 Å². The van der Waals surface area contributed by atoms with Crippen molar-refractivity contribution in [3.63, 3.8) is 0 Å². The van der Waals surface area contributed by atoms with Crippen LogP contribution in [0, 0.1) is 11.8 Å². The van der Waals surface area contributed by atoms with Crippen molar-refractivity contribution in [3.8, 4) is 17.6 Å². The first-order valence-corrected chi connectivity index (χ1v) is 10.7. The average Bonchev–Trinajstić information content (AvgIpc) is 3.16. The van der Waals surface area contributed by atoms with E-state index in [1.807, 2.05) is 33.0 Å². The second kappa shape index (κ2) is 9.66. The van der Waals surface area contributed by atoms with Crippen LogP contribution in [-0.2, 0) is 18.6 Å². The third kappa shape index (κ3) is 4.88. The summed E-state index contributed by atoms with van der Waals surface area (Å²) in [6.07, 6.45) is 5.59. The summed E-state index contributed by atoms with van der Waals surface area (Å²) >= 11 is 1.80. The topological polar surface area (TPSA) is 21.6 Å². The molecule has 1 aliphatic rings. The second-order valence-corrected chi connectivity index (χ2v) is 8.15. The number of hydrogen-bond donors (Lipinski definition) is 0. The third-order valence-electron chi connectivity index (χ3n) is 4.68. The van der Waals surface area contributed by atoms with Crippen LogP contribution in [0.5, 0.6) is 5.75 Å². The van der Waals surface area contributed by atoms with Gasteiger partial charge in [0.15, 0.2) is 0 Å². The van der Waals surface area contributed by atoms with Gasteiger partial charge in [0.05, 0.1) is 11.7 Å². The van der Waals surface area contributed by atoms with Crippen LogP contribution < -0.4 is 4.74 Å². The Labute approximate surface area is 173 Å². The summed E-state index contributed by atoms with van der Waals surface area (Å²) in [5.41, 5.74) is 6.43. The molecule has 0 unspecified atom stereocenters. The number of aryl methyl sites for hydroxylation is 1. The van der Waals surface area contributed by atoms with Crippen molar-refractivity contribution in [3.05, 3.63) is 70.4 Å². The maximum atomic E-state index is 5.89. The Hall–Kier alpha value is -2.44. The number of aliphatic imine (C=N–C) groups is 1. The lowest BCUT2D eigenvalue weighted by atomic mass is 10.0. The van der Waals surface area contributed by atoms with Crippen LogP contribution in [0.3, 0.4) is 0 Å². The molecule has 28 heavy (non-hydrogen) atoms. The van der Waals surface area contributed by atoms with Crippen LogP contribution in [0.2, 0.25) is 0 Å². The minimum absolute atomic E-state index is 0.131.